The lowest BCUT2D eigenvalue weighted by molar-refractivity contribution is 0.262. The van der Waals surface area contributed by atoms with Crippen molar-refractivity contribution in [2.24, 2.45) is 0 Å². The van der Waals surface area contributed by atoms with Gasteiger partial charge in [0.15, 0.2) is 5.13 Å². The van der Waals surface area contributed by atoms with E-state index in [1.54, 1.807) is 6.07 Å². The van der Waals surface area contributed by atoms with Crippen LogP contribution >= 0.6 is 11.3 Å². The van der Waals surface area contributed by atoms with E-state index in [4.69, 9.17) is 5.11 Å². The second-order valence-electron chi connectivity index (χ2n) is 3.58. The van der Waals surface area contributed by atoms with E-state index in [2.05, 4.69) is 27.5 Å². The van der Waals surface area contributed by atoms with E-state index in [1.807, 2.05) is 0 Å². The molecular weight excluding hydrogens is 281 g/mol. The van der Waals surface area contributed by atoms with E-state index in [0.29, 0.717) is 15.7 Å². The van der Waals surface area contributed by atoms with Gasteiger partial charge in [-0.1, -0.05) is 29.2 Å². The number of aliphatic hydroxyl groups excluding tert-OH is 1. The van der Waals surface area contributed by atoms with Crippen LogP contribution in [0, 0.1) is 17.7 Å². The number of carbonyl (C=O) groups excluding carboxylic acids is 1. The molecule has 0 aliphatic rings. The van der Waals surface area contributed by atoms with Gasteiger partial charge in [0.2, 0.25) is 0 Å². The van der Waals surface area contributed by atoms with Crippen LogP contribution in [0.2, 0.25) is 0 Å². The predicted octanol–water partition coefficient (Wildman–Crippen LogP) is 2.27. The van der Waals surface area contributed by atoms with Crippen molar-refractivity contribution in [3.05, 3.63) is 41.2 Å². The van der Waals surface area contributed by atoms with Gasteiger partial charge in [0.1, 0.15) is 12.4 Å². The molecule has 1 heterocycles. The third-order valence-electron chi connectivity index (χ3n) is 2.10. The first-order valence-electron chi connectivity index (χ1n) is 5.56. The lowest BCUT2D eigenvalue weighted by atomic mass is 10.3. The van der Waals surface area contributed by atoms with Crippen LogP contribution in [0.15, 0.2) is 30.5 Å². The number of thiazole rings is 1. The number of benzene rings is 1. The van der Waals surface area contributed by atoms with Gasteiger partial charge in [-0.25, -0.2) is 14.2 Å². The number of urea groups is 1. The van der Waals surface area contributed by atoms with Crippen LogP contribution in [0.25, 0.3) is 0 Å². The highest BCUT2D eigenvalue weighted by Crippen LogP contribution is 2.17. The zero-order chi connectivity index (χ0) is 14.4. The Labute approximate surface area is 118 Å². The normalized spacial score (nSPS) is 9.50. The maximum absolute atomic E-state index is 12.9. The minimum absolute atomic E-state index is 0.235. The minimum atomic E-state index is -0.522. The van der Waals surface area contributed by atoms with Crippen molar-refractivity contribution in [3.63, 3.8) is 0 Å². The molecule has 0 bridgehead atoms. The molecule has 1 aromatic carbocycles. The monoisotopic (exact) mass is 291 g/mol. The van der Waals surface area contributed by atoms with Crippen LogP contribution in [0.1, 0.15) is 4.88 Å². The highest BCUT2D eigenvalue weighted by atomic mass is 32.1. The van der Waals surface area contributed by atoms with Crippen LogP contribution in [0.5, 0.6) is 0 Å². The third kappa shape index (κ3) is 4.05. The first kappa shape index (κ1) is 14.0. The van der Waals surface area contributed by atoms with Gasteiger partial charge in [-0.3, -0.25) is 5.32 Å². The first-order valence-corrected chi connectivity index (χ1v) is 6.38. The smallest absolute Gasteiger partial charge is 0.325 e. The lowest BCUT2D eigenvalue weighted by Crippen LogP contribution is -2.19. The summed E-state index contributed by atoms with van der Waals surface area (Å²) in [5.41, 5.74) is 0.347. The highest BCUT2D eigenvalue weighted by molar-refractivity contribution is 7.16. The molecule has 0 spiro atoms. The molecule has 102 valence electrons. The fourth-order valence-electron chi connectivity index (χ4n) is 1.34. The fourth-order valence-corrected chi connectivity index (χ4v) is 2.03. The first-order chi connectivity index (χ1) is 9.67. The number of carbonyl (C=O) groups is 1. The molecule has 0 atom stereocenters. The molecule has 0 radical (unpaired) electrons. The molecule has 2 amide bonds. The number of aromatic nitrogens is 1. The van der Waals surface area contributed by atoms with Gasteiger partial charge in [0.05, 0.1) is 11.1 Å². The summed E-state index contributed by atoms with van der Waals surface area (Å²) in [5, 5.41) is 13.9. The standard InChI is InChI=1S/C13H10FN3O2S/c14-9-3-1-4-10(7-9)16-12(19)17-13-15-8-11(20-13)5-2-6-18/h1,3-4,7-8,18H,6H2,(H2,15,16,17,19). The number of halogens is 1. The Hall–Kier alpha value is -2.43. The molecule has 0 aliphatic carbocycles. The van der Waals surface area contributed by atoms with Gasteiger partial charge in [0, 0.05) is 5.69 Å². The summed E-state index contributed by atoms with van der Waals surface area (Å²) in [6, 6.07) is 5.04. The fraction of sp³-hybridized carbons (Fsp3) is 0.0769. The van der Waals surface area contributed by atoms with Crippen molar-refractivity contribution in [1.82, 2.24) is 4.98 Å². The van der Waals surface area contributed by atoms with Crippen LogP contribution in [-0.4, -0.2) is 22.7 Å². The number of amides is 2. The second kappa shape index (κ2) is 6.65. The Morgan fingerprint density at radius 3 is 3.05 bits per heavy atom. The van der Waals surface area contributed by atoms with Crippen LogP contribution in [0.3, 0.4) is 0 Å². The summed E-state index contributed by atoms with van der Waals surface area (Å²) in [5.74, 6) is 4.73. The molecule has 5 nitrogen and oxygen atoms in total. The third-order valence-corrected chi connectivity index (χ3v) is 2.93. The summed E-state index contributed by atoms with van der Waals surface area (Å²) in [6.45, 7) is -0.235. The van der Waals surface area contributed by atoms with Gasteiger partial charge < -0.3 is 10.4 Å². The van der Waals surface area contributed by atoms with Crippen LogP contribution in [0.4, 0.5) is 20.0 Å². The highest BCUT2D eigenvalue weighted by Gasteiger charge is 2.06. The van der Waals surface area contributed by atoms with Gasteiger partial charge in [-0.15, -0.1) is 0 Å². The van der Waals surface area contributed by atoms with Crippen molar-refractivity contribution in [2.45, 2.75) is 0 Å². The van der Waals surface area contributed by atoms with E-state index in [-0.39, 0.29) is 6.61 Å². The largest absolute Gasteiger partial charge is 0.384 e. The zero-order valence-corrected chi connectivity index (χ0v) is 11.0. The summed E-state index contributed by atoms with van der Waals surface area (Å²) < 4.78 is 12.9. The number of rotatable bonds is 2. The zero-order valence-electron chi connectivity index (χ0n) is 10.2. The van der Waals surface area contributed by atoms with E-state index in [0.717, 1.165) is 0 Å². The predicted molar refractivity (Wildman–Crippen MR) is 75.1 cm³/mol. The Balaban J connectivity index is 1.96. The molecular formula is C13H10FN3O2S. The molecule has 2 rings (SSSR count). The van der Waals surface area contributed by atoms with Crippen LogP contribution < -0.4 is 10.6 Å². The molecule has 0 fully saturated rings. The second-order valence-corrected chi connectivity index (χ2v) is 4.61. The van der Waals surface area contributed by atoms with E-state index in [9.17, 15) is 9.18 Å². The molecule has 3 N–H and O–H groups in total. The Kier molecular flexibility index (Phi) is 4.65. The number of anilines is 2. The van der Waals surface area contributed by atoms with Gasteiger partial charge in [0.25, 0.3) is 0 Å². The van der Waals surface area contributed by atoms with Gasteiger partial charge in [-0.05, 0) is 18.2 Å². The van der Waals surface area contributed by atoms with Gasteiger partial charge in [-0.2, -0.15) is 0 Å². The maximum atomic E-state index is 12.9. The molecule has 1 aromatic heterocycles. The Morgan fingerprint density at radius 1 is 1.45 bits per heavy atom. The number of nitrogens with one attached hydrogen (secondary N) is 2. The van der Waals surface area contributed by atoms with E-state index in [1.165, 1.54) is 35.7 Å². The van der Waals surface area contributed by atoms with Crippen molar-refractivity contribution < 1.29 is 14.3 Å². The molecule has 20 heavy (non-hydrogen) atoms. The number of hydrogen-bond acceptors (Lipinski definition) is 4. The van der Waals surface area contributed by atoms with Crippen molar-refractivity contribution in [3.8, 4) is 11.8 Å². The maximum Gasteiger partial charge on any atom is 0.325 e. The summed E-state index contributed by atoms with van der Waals surface area (Å²) in [7, 11) is 0. The Morgan fingerprint density at radius 2 is 2.30 bits per heavy atom. The lowest BCUT2D eigenvalue weighted by Gasteiger charge is -2.04. The summed E-state index contributed by atoms with van der Waals surface area (Å²) in [4.78, 5) is 16.2. The van der Waals surface area contributed by atoms with Crippen molar-refractivity contribution in [2.75, 3.05) is 17.2 Å². The molecule has 0 aliphatic heterocycles. The molecule has 0 unspecified atom stereocenters. The summed E-state index contributed by atoms with van der Waals surface area (Å²) in [6.07, 6.45) is 1.49. The quantitative estimate of drug-likeness (QED) is 0.743. The average Bonchev–Trinajstić information content (AvgIpc) is 2.83. The van der Waals surface area contributed by atoms with E-state index < -0.39 is 11.8 Å². The molecule has 0 saturated heterocycles. The molecule has 0 saturated carbocycles. The van der Waals surface area contributed by atoms with Crippen molar-refractivity contribution in [1.29, 1.82) is 0 Å². The topological polar surface area (TPSA) is 74.2 Å². The Bertz CT molecular complexity index is 675. The van der Waals surface area contributed by atoms with Crippen molar-refractivity contribution >= 4 is 28.2 Å². The van der Waals surface area contributed by atoms with E-state index >= 15 is 0 Å². The molecule has 7 heteroatoms. The SMILES string of the molecule is O=C(Nc1cccc(F)c1)Nc1ncc(C#CCO)s1. The van der Waals surface area contributed by atoms with Crippen LogP contribution in [-0.2, 0) is 0 Å². The average molecular weight is 291 g/mol. The number of hydrogen-bond donors (Lipinski definition) is 3. The van der Waals surface area contributed by atoms with Gasteiger partial charge >= 0.3 is 6.03 Å². The number of aliphatic hydroxyl groups is 1. The number of nitrogens with zero attached hydrogens (tertiary/aromatic N) is 1. The summed E-state index contributed by atoms with van der Waals surface area (Å²) >= 11 is 1.17. The molecule has 2 aromatic rings. The minimum Gasteiger partial charge on any atom is -0.384 e.